The Morgan fingerprint density at radius 1 is 0.900 bits per heavy atom. The highest BCUT2D eigenvalue weighted by Crippen LogP contribution is 2.41. The van der Waals surface area contributed by atoms with Crippen LogP contribution in [-0.2, 0) is 19.6 Å². The van der Waals surface area contributed by atoms with Crippen molar-refractivity contribution in [2.24, 2.45) is 5.92 Å². The molecule has 0 aliphatic carbocycles. The van der Waals surface area contributed by atoms with Gasteiger partial charge in [0.2, 0.25) is 11.8 Å². The normalized spacial score (nSPS) is 19.0. The molecule has 3 fully saturated rings. The number of nitrogens with zero attached hydrogens (tertiary/aromatic N) is 7. The quantitative estimate of drug-likeness (QED) is 0.0937. The average Bonchev–Trinajstić information content (AvgIpc) is 4.08. The van der Waals surface area contributed by atoms with Gasteiger partial charge in [-0.25, -0.2) is 17.8 Å². The smallest absolute Gasteiger partial charge is 0.355 e. The predicted molar refractivity (Wildman–Crippen MR) is 252 cm³/mol. The maximum atomic E-state index is 13.7. The van der Waals surface area contributed by atoms with Crippen LogP contribution >= 0.6 is 0 Å². The van der Waals surface area contributed by atoms with Gasteiger partial charge in [0.05, 0.1) is 45.6 Å². The van der Waals surface area contributed by atoms with Gasteiger partial charge in [-0.3, -0.25) is 43.9 Å². The molecule has 4 aliphatic heterocycles. The second-order valence-electron chi connectivity index (χ2n) is 18.1. The van der Waals surface area contributed by atoms with Crippen molar-refractivity contribution in [3.63, 3.8) is 0 Å². The maximum absolute atomic E-state index is 13.7. The van der Waals surface area contributed by atoms with Gasteiger partial charge in [0.1, 0.15) is 35.2 Å². The number of benzene rings is 3. The van der Waals surface area contributed by atoms with Crippen LogP contribution in [-0.4, -0.2) is 111 Å². The van der Waals surface area contributed by atoms with Gasteiger partial charge in [-0.05, 0) is 86.9 Å². The summed E-state index contributed by atoms with van der Waals surface area (Å²) in [4.78, 5) is 61.6. The number of nitrogens with two attached hydrogens (primary N) is 1. The number of halogens is 3. The Bertz CT molecular complexity index is 3150. The lowest BCUT2D eigenvalue weighted by Crippen LogP contribution is -2.54. The Kier molecular flexibility index (Phi) is 12.3. The molecule has 0 bridgehead atoms. The van der Waals surface area contributed by atoms with Crippen molar-refractivity contribution < 1.29 is 45.5 Å². The second-order valence-corrected chi connectivity index (χ2v) is 19.8. The molecule has 3 saturated heterocycles. The van der Waals surface area contributed by atoms with Crippen LogP contribution < -0.4 is 25.4 Å². The first kappa shape index (κ1) is 46.4. The molecular weight excluding hydrogens is 932 g/mol. The number of rotatable bonds is 13. The summed E-state index contributed by atoms with van der Waals surface area (Å²) in [5.74, 6) is -5.71. The molecule has 5 N–H and O–H groups in total. The molecule has 0 saturated carbocycles. The van der Waals surface area contributed by atoms with E-state index in [1.807, 2.05) is 21.7 Å². The Balaban J connectivity index is 0.786. The summed E-state index contributed by atoms with van der Waals surface area (Å²) in [6.07, 6.45) is 8.36. The van der Waals surface area contributed by atoms with Crippen LogP contribution in [0.4, 0.5) is 30.4 Å². The van der Waals surface area contributed by atoms with Crippen LogP contribution in [0.5, 0.6) is 5.75 Å². The van der Waals surface area contributed by atoms with Crippen molar-refractivity contribution in [1.29, 1.82) is 0 Å². The number of aromatic nitrogens is 5. The zero-order valence-corrected chi connectivity index (χ0v) is 38.6. The van der Waals surface area contributed by atoms with Crippen molar-refractivity contribution in [3.8, 4) is 28.1 Å². The van der Waals surface area contributed by atoms with E-state index in [2.05, 4.69) is 30.3 Å². The van der Waals surface area contributed by atoms with E-state index in [0.29, 0.717) is 63.5 Å². The number of pyridine rings is 1. The van der Waals surface area contributed by atoms with E-state index in [1.54, 1.807) is 31.5 Å². The van der Waals surface area contributed by atoms with Crippen LogP contribution in [0.2, 0.25) is 0 Å². The van der Waals surface area contributed by atoms with E-state index < -0.39 is 57.4 Å². The number of hydrogen-bond donors (Lipinski definition) is 4. The number of amides is 4. The van der Waals surface area contributed by atoms with Crippen molar-refractivity contribution in [1.82, 2.24) is 40.1 Å². The van der Waals surface area contributed by atoms with E-state index in [9.17, 15) is 40.8 Å². The zero-order chi connectivity index (χ0) is 49.0. The Morgan fingerprint density at radius 3 is 2.39 bits per heavy atom. The SMILES string of the molecule is C[C@H](Oc1cc(-c2n[nH]c3c(-c4cnn(C5CCN(CC6CCN(c7cccc8c7C(=O)N(C7CCC(=O)NC7=O)C8=O)CC6)CC5)c4)cnc(N)c23)ccc1NS(=O)(=O)C(F)F)c1ccc(F)cc1. The molecule has 0 spiro atoms. The van der Waals surface area contributed by atoms with Gasteiger partial charge in [0.25, 0.3) is 21.8 Å². The number of hydrogen-bond acceptors (Lipinski definition) is 13. The van der Waals surface area contributed by atoms with E-state index in [4.69, 9.17) is 15.6 Å². The van der Waals surface area contributed by atoms with Gasteiger partial charge in [-0.2, -0.15) is 19.0 Å². The first-order valence-electron chi connectivity index (χ1n) is 23.0. The van der Waals surface area contributed by atoms with Gasteiger partial charge in [0.15, 0.2) is 0 Å². The standard InChI is InChI=1S/C48H48F3N11O7S/c1-26(28-5-8-31(49)9-6-28)69-38-21-29(7-10-35(38)58-70(67,68)48(50)51)42-41-43(57-56-42)34(23-53-44(41)52)30-22-54-61(25-30)32-15-17-59(18-16-32)24-27-13-19-60(20-14-27)36-4-2-3-33-40(36)47(66)62(46(33)65)37-11-12-39(63)55-45(37)64/h2-10,21-23,25-27,32,37,48,58H,11-20,24H2,1H3,(H2,52,53)(H,56,57)(H,55,63,64)/t26-,37?/m0/s1. The fourth-order valence-electron chi connectivity index (χ4n) is 10.0. The Labute approximate surface area is 399 Å². The summed E-state index contributed by atoms with van der Waals surface area (Å²) in [6, 6.07) is 14.1. The molecule has 0 radical (unpaired) electrons. The molecule has 3 aromatic heterocycles. The number of carbonyl (C=O) groups excluding carboxylic acids is 4. The highest BCUT2D eigenvalue weighted by atomic mass is 32.2. The minimum atomic E-state index is -5.07. The number of nitrogens with one attached hydrogen (secondary N) is 3. The lowest BCUT2D eigenvalue weighted by molar-refractivity contribution is -0.136. The number of likely N-dealkylation sites (tertiary alicyclic amines) is 1. The number of nitrogen functional groups attached to an aromatic ring is 1. The number of ether oxygens (including phenoxy) is 1. The van der Waals surface area contributed by atoms with Gasteiger partial charge in [-0.1, -0.05) is 24.3 Å². The number of piperidine rings is 3. The first-order chi connectivity index (χ1) is 33.6. The number of fused-ring (bicyclic) bond motifs is 2. The summed E-state index contributed by atoms with van der Waals surface area (Å²) in [5, 5.41) is 15.1. The number of H-pyrrole nitrogens is 1. The molecule has 1 unspecified atom stereocenters. The lowest BCUT2D eigenvalue weighted by atomic mass is 9.93. The van der Waals surface area contributed by atoms with Crippen molar-refractivity contribution in [2.45, 2.75) is 69.4 Å². The van der Waals surface area contributed by atoms with Gasteiger partial charge < -0.3 is 20.3 Å². The molecule has 10 rings (SSSR count). The number of aromatic amines is 1. The van der Waals surface area contributed by atoms with E-state index >= 15 is 0 Å². The third kappa shape index (κ3) is 8.80. The van der Waals surface area contributed by atoms with Gasteiger partial charge in [-0.15, -0.1) is 0 Å². The largest absolute Gasteiger partial charge is 0.484 e. The summed E-state index contributed by atoms with van der Waals surface area (Å²) in [7, 11) is -5.07. The molecule has 2 atom stereocenters. The monoisotopic (exact) mass is 979 g/mol. The average molecular weight is 980 g/mol. The third-order valence-corrected chi connectivity index (χ3v) is 14.7. The molecular formula is C48H48F3N11O7S. The highest BCUT2D eigenvalue weighted by molar-refractivity contribution is 7.93. The van der Waals surface area contributed by atoms with Crippen molar-refractivity contribution in [3.05, 3.63) is 102 Å². The Hall–Kier alpha value is -7.33. The summed E-state index contributed by atoms with van der Waals surface area (Å²) >= 11 is 0. The van der Waals surface area contributed by atoms with Crippen LogP contribution in [0.1, 0.15) is 83.9 Å². The maximum Gasteiger partial charge on any atom is 0.355 e. The van der Waals surface area contributed by atoms with Crippen molar-refractivity contribution in [2.75, 3.05) is 48.1 Å². The van der Waals surface area contributed by atoms with Crippen LogP contribution in [0.25, 0.3) is 33.3 Å². The van der Waals surface area contributed by atoms with E-state index in [1.165, 1.54) is 42.5 Å². The lowest BCUT2D eigenvalue weighted by Gasteiger charge is -2.38. The number of anilines is 3. The summed E-state index contributed by atoms with van der Waals surface area (Å²) in [6.45, 7) is 5.78. The number of sulfonamides is 1. The molecule has 18 nitrogen and oxygen atoms in total. The fraction of sp³-hybridized carbons (Fsp3) is 0.354. The highest BCUT2D eigenvalue weighted by Gasteiger charge is 2.46. The molecule has 364 valence electrons. The Morgan fingerprint density at radius 2 is 1.66 bits per heavy atom. The zero-order valence-electron chi connectivity index (χ0n) is 37.8. The number of alkyl halides is 2. The van der Waals surface area contributed by atoms with Crippen LogP contribution in [0.15, 0.2) is 79.3 Å². The molecule has 7 heterocycles. The minimum absolute atomic E-state index is 0.0610. The molecule has 3 aromatic carbocycles. The summed E-state index contributed by atoms with van der Waals surface area (Å²) < 4.78 is 75.0. The molecule has 70 heavy (non-hydrogen) atoms. The fourth-order valence-corrected chi connectivity index (χ4v) is 10.6. The first-order valence-corrected chi connectivity index (χ1v) is 24.5. The number of imide groups is 2. The van der Waals surface area contributed by atoms with Gasteiger partial charge in [0, 0.05) is 68.2 Å². The van der Waals surface area contributed by atoms with E-state index in [0.717, 1.165) is 55.8 Å². The van der Waals surface area contributed by atoms with Crippen molar-refractivity contribution >= 4 is 61.7 Å². The third-order valence-electron chi connectivity index (χ3n) is 13.8. The minimum Gasteiger partial charge on any atom is -0.484 e. The van der Waals surface area contributed by atoms with Crippen LogP contribution in [0, 0.1) is 11.7 Å². The van der Waals surface area contributed by atoms with Crippen LogP contribution in [0.3, 0.4) is 0 Å². The summed E-state index contributed by atoms with van der Waals surface area (Å²) in [5.41, 5.74) is 10.9. The predicted octanol–water partition coefficient (Wildman–Crippen LogP) is 6.27. The number of carbonyl (C=O) groups is 4. The van der Waals surface area contributed by atoms with Gasteiger partial charge >= 0.3 is 5.76 Å². The molecule has 22 heteroatoms. The second kappa shape index (κ2) is 18.5. The topological polar surface area (TPSA) is 231 Å². The molecule has 4 aliphatic rings. The molecule has 4 amide bonds. The van der Waals surface area contributed by atoms with E-state index in [-0.39, 0.29) is 41.7 Å². The molecule has 6 aromatic rings.